The lowest BCUT2D eigenvalue weighted by Crippen LogP contribution is -1.92. The van der Waals surface area contributed by atoms with E-state index in [1.54, 1.807) is 6.08 Å². The molecule has 1 N–H and O–H groups in total. The Balaban J connectivity index is 1.78. The minimum atomic E-state index is 0.0958. The van der Waals surface area contributed by atoms with Crippen molar-refractivity contribution in [1.82, 2.24) is 4.98 Å². The lowest BCUT2D eigenvalue weighted by molar-refractivity contribution is 0.104. The summed E-state index contributed by atoms with van der Waals surface area (Å²) in [6, 6.07) is 7.92. The molecule has 0 radical (unpaired) electrons. The second kappa shape index (κ2) is 8.46. The zero-order valence-corrected chi connectivity index (χ0v) is 12.9. The maximum absolute atomic E-state index is 12.2. The Morgan fingerprint density at radius 2 is 1.86 bits per heavy atom. The van der Waals surface area contributed by atoms with Crippen molar-refractivity contribution >= 4 is 16.7 Å². The first kappa shape index (κ1) is 15.6. The maximum Gasteiger partial charge on any atom is 0.187 e. The molecule has 2 heteroatoms. The van der Waals surface area contributed by atoms with E-state index in [0.29, 0.717) is 0 Å². The fourth-order valence-corrected chi connectivity index (χ4v) is 2.60. The molecule has 2 rings (SSSR count). The SMILES string of the molecule is CCCCCCCCC=CC(=O)c1c[nH]c2ccccc12. The predicted octanol–water partition coefficient (Wildman–Crippen LogP) is 5.66. The van der Waals surface area contributed by atoms with Crippen LogP contribution in [0.3, 0.4) is 0 Å². The van der Waals surface area contributed by atoms with Crippen molar-refractivity contribution in [3.8, 4) is 0 Å². The highest BCUT2D eigenvalue weighted by Crippen LogP contribution is 2.18. The number of carbonyl (C=O) groups is 1. The number of ketones is 1. The molecule has 2 aromatic rings. The quantitative estimate of drug-likeness (QED) is 0.359. The van der Waals surface area contributed by atoms with E-state index in [9.17, 15) is 4.79 Å². The topological polar surface area (TPSA) is 32.9 Å². The van der Waals surface area contributed by atoms with E-state index >= 15 is 0 Å². The van der Waals surface area contributed by atoms with Gasteiger partial charge in [0.2, 0.25) is 0 Å². The molecule has 0 aliphatic carbocycles. The van der Waals surface area contributed by atoms with Gasteiger partial charge in [-0.2, -0.15) is 0 Å². The van der Waals surface area contributed by atoms with Crippen molar-refractivity contribution in [3.63, 3.8) is 0 Å². The largest absolute Gasteiger partial charge is 0.360 e. The van der Waals surface area contributed by atoms with Crippen LogP contribution in [0.1, 0.15) is 62.2 Å². The number of para-hydroxylation sites is 1. The van der Waals surface area contributed by atoms with Gasteiger partial charge in [0.05, 0.1) is 0 Å². The molecule has 112 valence electrons. The van der Waals surface area contributed by atoms with Crippen LogP contribution in [0.2, 0.25) is 0 Å². The molecule has 1 aromatic carbocycles. The Labute approximate surface area is 127 Å². The summed E-state index contributed by atoms with van der Waals surface area (Å²) in [6.45, 7) is 2.24. The number of nitrogens with one attached hydrogen (secondary N) is 1. The van der Waals surface area contributed by atoms with Crippen LogP contribution < -0.4 is 0 Å². The molecular formula is C19H25NO. The Bertz CT molecular complexity index is 594. The van der Waals surface area contributed by atoms with Gasteiger partial charge in [0.25, 0.3) is 0 Å². The van der Waals surface area contributed by atoms with Crippen LogP contribution in [0, 0.1) is 0 Å². The number of H-pyrrole nitrogens is 1. The molecule has 0 fully saturated rings. The van der Waals surface area contributed by atoms with Gasteiger partial charge in [0.1, 0.15) is 0 Å². The third kappa shape index (κ3) is 4.59. The number of allylic oxidation sites excluding steroid dienone is 2. The van der Waals surface area contributed by atoms with Crippen LogP contribution in [0.25, 0.3) is 10.9 Å². The van der Waals surface area contributed by atoms with Crippen molar-refractivity contribution in [2.24, 2.45) is 0 Å². The van der Waals surface area contributed by atoms with Crippen LogP contribution in [0.4, 0.5) is 0 Å². The second-order valence-corrected chi connectivity index (χ2v) is 5.57. The standard InChI is InChI=1S/C19H25NO/c1-2-3-4-5-6-7-8-9-14-19(21)17-15-20-18-13-11-10-12-16(17)18/h9-15,20H,2-8H2,1H3. The summed E-state index contributed by atoms with van der Waals surface area (Å²) in [5.74, 6) is 0.0958. The van der Waals surface area contributed by atoms with Crippen LogP contribution in [-0.2, 0) is 0 Å². The molecule has 0 amide bonds. The lowest BCUT2D eigenvalue weighted by atomic mass is 10.1. The normalized spacial score (nSPS) is 11.5. The highest BCUT2D eigenvalue weighted by molar-refractivity contribution is 6.13. The molecule has 1 heterocycles. The number of rotatable bonds is 9. The average molecular weight is 283 g/mol. The highest BCUT2D eigenvalue weighted by Gasteiger charge is 2.08. The van der Waals surface area contributed by atoms with E-state index in [1.165, 1.54) is 38.5 Å². The molecule has 1 aromatic heterocycles. The minimum absolute atomic E-state index is 0.0958. The number of aromatic nitrogens is 1. The van der Waals surface area contributed by atoms with Crippen LogP contribution in [0.5, 0.6) is 0 Å². The molecular weight excluding hydrogens is 258 g/mol. The summed E-state index contributed by atoms with van der Waals surface area (Å²) in [4.78, 5) is 15.3. The van der Waals surface area contributed by atoms with Crippen LogP contribution in [0.15, 0.2) is 42.6 Å². The summed E-state index contributed by atoms with van der Waals surface area (Å²) in [5, 5.41) is 1.01. The minimum Gasteiger partial charge on any atom is -0.360 e. The van der Waals surface area contributed by atoms with E-state index in [1.807, 2.05) is 36.5 Å². The molecule has 2 nitrogen and oxygen atoms in total. The maximum atomic E-state index is 12.2. The zero-order chi connectivity index (χ0) is 14.9. The second-order valence-electron chi connectivity index (χ2n) is 5.57. The third-order valence-corrected chi connectivity index (χ3v) is 3.85. The van der Waals surface area contributed by atoms with E-state index in [-0.39, 0.29) is 5.78 Å². The molecule has 0 unspecified atom stereocenters. The van der Waals surface area contributed by atoms with Crippen molar-refractivity contribution in [2.75, 3.05) is 0 Å². The van der Waals surface area contributed by atoms with Gasteiger partial charge < -0.3 is 4.98 Å². The molecule has 0 spiro atoms. The van der Waals surface area contributed by atoms with E-state index in [4.69, 9.17) is 0 Å². The number of aromatic amines is 1. The highest BCUT2D eigenvalue weighted by atomic mass is 16.1. The predicted molar refractivity (Wildman–Crippen MR) is 89.8 cm³/mol. The fourth-order valence-electron chi connectivity index (χ4n) is 2.60. The molecule has 0 bridgehead atoms. The first-order chi connectivity index (χ1) is 10.3. The van der Waals surface area contributed by atoms with Crippen molar-refractivity contribution < 1.29 is 4.79 Å². The smallest absolute Gasteiger partial charge is 0.187 e. The van der Waals surface area contributed by atoms with E-state index in [0.717, 1.165) is 22.9 Å². The number of benzene rings is 1. The van der Waals surface area contributed by atoms with Crippen LogP contribution in [-0.4, -0.2) is 10.8 Å². The van der Waals surface area contributed by atoms with Gasteiger partial charge >= 0.3 is 0 Å². The number of unbranched alkanes of at least 4 members (excludes halogenated alkanes) is 6. The van der Waals surface area contributed by atoms with Gasteiger partial charge in [0, 0.05) is 22.7 Å². The summed E-state index contributed by atoms with van der Waals surface area (Å²) in [6.07, 6.45) is 14.3. The molecule has 0 atom stereocenters. The summed E-state index contributed by atoms with van der Waals surface area (Å²) < 4.78 is 0. The monoisotopic (exact) mass is 283 g/mol. The summed E-state index contributed by atoms with van der Waals surface area (Å²) in [5.41, 5.74) is 1.79. The number of fused-ring (bicyclic) bond motifs is 1. The lowest BCUT2D eigenvalue weighted by Gasteiger charge is -1.97. The summed E-state index contributed by atoms with van der Waals surface area (Å²) >= 11 is 0. The van der Waals surface area contributed by atoms with Crippen molar-refractivity contribution in [3.05, 3.63) is 48.2 Å². The van der Waals surface area contributed by atoms with Gasteiger partial charge in [-0.3, -0.25) is 4.79 Å². The average Bonchev–Trinajstić information content (AvgIpc) is 2.94. The van der Waals surface area contributed by atoms with E-state index < -0.39 is 0 Å². The number of carbonyl (C=O) groups excluding carboxylic acids is 1. The van der Waals surface area contributed by atoms with Crippen LogP contribution >= 0.6 is 0 Å². The Morgan fingerprint density at radius 3 is 2.71 bits per heavy atom. The zero-order valence-electron chi connectivity index (χ0n) is 12.9. The molecule has 0 aliphatic rings. The van der Waals surface area contributed by atoms with Crippen molar-refractivity contribution in [2.45, 2.75) is 51.9 Å². The fraction of sp³-hybridized carbons (Fsp3) is 0.421. The molecule has 0 saturated carbocycles. The first-order valence-corrected chi connectivity index (χ1v) is 8.10. The third-order valence-electron chi connectivity index (χ3n) is 3.85. The Hall–Kier alpha value is -1.83. The molecule has 0 aliphatic heterocycles. The Kier molecular flexibility index (Phi) is 6.26. The molecule has 21 heavy (non-hydrogen) atoms. The van der Waals surface area contributed by atoms with E-state index in [2.05, 4.69) is 11.9 Å². The van der Waals surface area contributed by atoms with Gasteiger partial charge in [0.15, 0.2) is 5.78 Å². The van der Waals surface area contributed by atoms with Gasteiger partial charge in [-0.05, 0) is 25.0 Å². The molecule has 0 saturated heterocycles. The van der Waals surface area contributed by atoms with Crippen molar-refractivity contribution in [1.29, 1.82) is 0 Å². The number of hydrogen-bond acceptors (Lipinski definition) is 1. The summed E-state index contributed by atoms with van der Waals surface area (Å²) in [7, 11) is 0. The van der Waals surface area contributed by atoms with Gasteiger partial charge in [-0.1, -0.05) is 63.3 Å². The Morgan fingerprint density at radius 1 is 1.10 bits per heavy atom. The van der Waals surface area contributed by atoms with Gasteiger partial charge in [-0.25, -0.2) is 0 Å². The van der Waals surface area contributed by atoms with Gasteiger partial charge in [-0.15, -0.1) is 0 Å². The first-order valence-electron chi connectivity index (χ1n) is 8.10. The number of hydrogen-bond donors (Lipinski definition) is 1.